The van der Waals surface area contributed by atoms with Gasteiger partial charge in [-0.25, -0.2) is 4.79 Å². The molecule has 1 atom stereocenters. The Morgan fingerprint density at radius 3 is 2.54 bits per heavy atom. The number of aromatic amines is 1. The van der Waals surface area contributed by atoms with E-state index in [0.717, 1.165) is 37.2 Å². The Morgan fingerprint density at radius 2 is 1.94 bits per heavy atom. The molecule has 8 nitrogen and oxygen atoms in total. The summed E-state index contributed by atoms with van der Waals surface area (Å²) in [7, 11) is 0. The maximum atomic E-state index is 12.7. The molecule has 3 heterocycles. The molecule has 3 N–H and O–H groups in total. The van der Waals surface area contributed by atoms with Gasteiger partial charge >= 0.3 is 12.1 Å². The summed E-state index contributed by atoms with van der Waals surface area (Å²) in [5, 5.41) is 17.4. The third kappa shape index (κ3) is 6.10. The van der Waals surface area contributed by atoms with Gasteiger partial charge in [-0.05, 0) is 43.4 Å². The quantitative estimate of drug-likeness (QED) is 0.494. The second-order valence-corrected chi connectivity index (χ2v) is 8.78. The van der Waals surface area contributed by atoms with Crippen molar-refractivity contribution in [1.82, 2.24) is 20.4 Å². The number of halogens is 3. The highest BCUT2D eigenvalue weighted by molar-refractivity contribution is 5.93. The minimum Gasteiger partial charge on any atom is -0.475 e. The van der Waals surface area contributed by atoms with E-state index in [9.17, 15) is 18.0 Å². The lowest BCUT2D eigenvalue weighted by Gasteiger charge is -2.40. The zero-order chi connectivity index (χ0) is 25.1. The third-order valence-corrected chi connectivity index (χ3v) is 6.31. The molecule has 2 fully saturated rings. The van der Waals surface area contributed by atoms with E-state index in [4.69, 9.17) is 14.3 Å². The maximum Gasteiger partial charge on any atom is 0.490 e. The molecule has 3 aromatic rings. The highest BCUT2D eigenvalue weighted by Gasteiger charge is 2.51. The molecule has 1 amide bonds. The number of H-pyrrole nitrogens is 1. The van der Waals surface area contributed by atoms with Crippen LogP contribution in [0, 0.1) is 0 Å². The van der Waals surface area contributed by atoms with E-state index in [0.29, 0.717) is 5.69 Å². The predicted molar refractivity (Wildman–Crippen MR) is 119 cm³/mol. The van der Waals surface area contributed by atoms with Gasteiger partial charge in [0.15, 0.2) is 0 Å². The molecule has 1 aliphatic carbocycles. The Hall–Kier alpha value is -3.60. The number of aliphatic carboxylic acids is 1. The fourth-order valence-corrected chi connectivity index (χ4v) is 4.34. The van der Waals surface area contributed by atoms with E-state index >= 15 is 0 Å². The first-order valence-corrected chi connectivity index (χ1v) is 11.1. The van der Waals surface area contributed by atoms with Gasteiger partial charge < -0.3 is 14.8 Å². The summed E-state index contributed by atoms with van der Waals surface area (Å²) in [6.07, 6.45) is 2.58. The van der Waals surface area contributed by atoms with Crippen molar-refractivity contribution >= 4 is 11.9 Å². The Morgan fingerprint density at radius 1 is 1.23 bits per heavy atom. The summed E-state index contributed by atoms with van der Waals surface area (Å²) in [5.74, 6) is -2.84. The van der Waals surface area contributed by atoms with Crippen molar-refractivity contribution < 1.29 is 32.3 Å². The van der Waals surface area contributed by atoms with Crippen LogP contribution in [0.5, 0.6) is 0 Å². The number of hydrogen-bond acceptors (Lipinski definition) is 5. The average molecular weight is 490 g/mol. The van der Waals surface area contributed by atoms with Crippen LogP contribution < -0.4 is 5.32 Å². The molecule has 1 saturated carbocycles. The average Bonchev–Trinajstić information content (AvgIpc) is 3.21. The molecule has 2 aliphatic rings. The van der Waals surface area contributed by atoms with E-state index in [1.54, 1.807) is 18.6 Å². The van der Waals surface area contributed by atoms with E-state index in [1.165, 1.54) is 18.4 Å². The van der Waals surface area contributed by atoms with Crippen LogP contribution in [-0.2, 0) is 11.3 Å². The molecule has 0 radical (unpaired) electrons. The molecule has 11 heteroatoms. The highest BCUT2D eigenvalue weighted by atomic mass is 19.4. The number of rotatable bonds is 5. The normalized spacial score (nSPS) is 19.0. The first-order valence-electron chi connectivity index (χ1n) is 11.1. The van der Waals surface area contributed by atoms with E-state index < -0.39 is 12.1 Å². The molecule has 186 valence electrons. The Kier molecular flexibility index (Phi) is 6.97. The monoisotopic (exact) mass is 490 g/mol. The molecule has 1 unspecified atom stereocenters. The lowest BCUT2D eigenvalue weighted by molar-refractivity contribution is -0.192. The number of carbonyl (C=O) groups is 2. The van der Waals surface area contributed by atoms with Crippen molar-refractivity contribution in [3.8, 4) is 11.3 Å². The van der Waals surface area contributed by atoms with Gasteiger partial charge in [0.25, 0.3) is 5.91 Å². The number of carboxylic acid groups (broad SMARTS) is 1. The topological polar surface area (TPSA) is 111 Å². The van der Waals surface area contributed by atoms with Crippen molar-refractivity contribution in [1.29, 1.82) is 0 Å². The second-order valence-electron chi connectivity index (χ2n) is 8.78. The van der Waals surface area contributed by atoms with Crippen LogP contribution >= 0.6 is 0 Å². The fourth-order valence-electron chi connectivity index (χ4n) is 4.34. The van der Waals surface area contributed by atoms with E-state index in [-0.39, 0.29) is 17.5 Å². The smallest absolute Gasteiger partial charge is 0.475 e. The molecular formula is C24H25F3N4O4. The van der Waals surface area contributed by atoms with Crippen molar-refractivity contribution in [2.75, 3.05) is 6.54 Å². The molecule has 2 aromatic heterocycles. The SMILES string of the molecule is O=C(NC1CCN(Cc2ccccc2)C2(CC2)C1)c1cc(-c2ccoc2)n[nH]1.O=C(O)C(F)(F)F. The van der Waals surface area contributed by atoms with Crippen molar-refractivity contribution in [3.63, 3.8) is 0 Å². The van der Waals surface area contributed by atoms with Crippen LogP contribution in [-0.4, -0.2) is 56.4 Å². The number of likely N-dealkylation sites (tertiary alicyclic amines) is 1. The maximum absolute atomic E-state index is 12.7. The molecule has 1 aromatic carbocycles. The van der Waals surface area contributed by atoms with Gasteiger partial charge in [-0.15, -0.1) is 0 Å². The number of alkyl halides is 3. The van der Waals surface area contributed by atoms with Crippen molar-refractivity contribution in [3.05, 3.63) is 66.2 Å². The number of nitrogens with one attached hydrogen (secondary N) is 2. The molecule has 5 rings (SSSR count). The van der Waals surface area contributed by atoms with Crippen molar-refractivity contribution in [2.24, 2.45) is 0 Å². The Bertz CT molecular complexity index is 1140. The number of hydrogen-bond donors (Lipinski definition) is 3. The summed E-state index contributed by atoms with van der Waals surface area (Å²) >= 11 is 0. The van der Waals surface area contributed by atoms with Gasteiger partial charge in [0.2, 0.25) is 0 Å². The van der Waals surface area contributed by atoms with Gasteiger partial charge in [-0.3, -0.25) is 14.8 Å². The minimum absolute atomic E-state index is 0.0837. The first kappa shape index (κ1) is 24.5. The largest absolute Gasteiger partial charge is 0.490 e. The predicted octanol–water partition coefficient (Wildman–Crippen LogP) is 4.23. The Balaban J connectivity index is 0.000000364. The number of aromatic nitrogens is 2. The van der Waals surface area contributed by atoms with Crippen molar-refractivity contribution in [2.45, 2.75) is 50.0 Å². The minimum atomic E-state index is -5.08. The number of amides is 1. The van der Waals surface area contributed by atoms with E-state index in [2.05, 4.69) is 50.7 Å². The number of benzene rings is 1. The molecule has 1 aliphatic heterocycles. The van der Waals surface area contributed by atoms with Gasteiger partial charge in [0, 0.05) is 30.2 Å². The van der Waals surface area contributed by atoms with Gasteiger partial charge in [-0.2, -0.15) is 18.3 Å². The lowest BCUT2D eigenvalue weighted by Crippen LogP contribution is -2.51. The van der Waals surface area contributed by atoms with Crippen LogP contribution in [0.15, 0.2) is 59.4 Å². The van der Waals surface area contributed by atoms with E-state index in [1.807, 2.05) is 6.07 Å². The standard InChI is InChI=1S/C22H24N4O2.C2HF3O2/c27-21(20-12-19(24-25-20)17-7-11-28-15-17)23-18-6-10-26(22(13-18)8-9-22)14-16-4-2-1-3-5-16;3-2(4,5)1(6)7/h1-5,7,11-12,15,18H,6,8-10,13-14H2,(H,23,27)(H,24,25);(H,6,7). The summed E-state index contributed by atoms with van der Waals surface area (Å²) in [6, 6.07) is 14.5. The number of furan rings is 1. The van der Waals surface area contributed by atoms with Crippen LogP contribution in [0.4, 0.5) is 13.2 Å². The van der Waals surface area contributed by atoms with Crippen LogP contribution in [0.1, 0.15) is 41.7 Å². The zero-order valence-corrected chi connectivity index (χ0v) is 18.7. The molecule has 35 heavy (non-hydrogen) atoms. The van der Waals surface area contributed by atoms with Gasteiger partial charge in [0.05, 0.1) is 18.2 Å². The second kappa shape index (κ2) is 9.95. The molecule has 1 spiro atoms. The number of piperidine rings is 1. The van der Waals surface area contributed by atoms with Crippen LogP contribution in [0.3, 0.4) is 0 Å². The van der Waals surface area contributed by atoms with Gasteiger partial charge in [0.1, 0.15) is 5.69 Å². The lowest BCUT2D eigenvalue weighted by atomic mass is 9.94. The summed E-state index contributed by atoms with van der Waals surface area (Å²) in [6.45, 7) is 2.01. The zero-order valence-electron chi connectivity index (χ0n) is 18.7. The van der Waals surface area contributed by atoms with Crippen LogP contribution in [0.2, 0.25) is 0 Å². The fraction of sp³-hybridized carbons (Fsp3) is 0.375. The number of carbonyl (C=O) groups excluding carboxylic acids is 1. The number of carboxylic acids is 1. The molecule has 0 bridgehead atoms. The number of nitrogens with zero attached hydrogens (tertiary/aromatic N) is 2. The molecular weight excluding hydrogens is 465 g/mol. The highest BCUT2D eigenvalue weighted by Crippen LogP contribution is 2.49. The summed E-state index contributed by atoms with van der Waals surface area (Å²) in [4.78, 5) is 24.2. The van der Waals surface area contributed by atoms with Crippen LogP contribution in [0.25, 0.3) is 11.3 Å². The summed E-state index contributed by atoms with van der Waals surface area (Å²) in [5.41, 5.74) is 3.70. The Labute approximate surface area is 199 Å². The summed E-state index contributed by atoms with van der Waals surface area (Å²) < 4.78 is 36.8. The van der Waals surface area contributed by atoms with Gasteiger partial charge in [-0.1, -0.05) is 30.3 Å². The first-order chi connectivity index (χ1) is 16.7. The molecule has 1 saturated heterocycles. The third-order valence-electron chi connectivity index (χ3n) is 6.31.